The van der Waals surface area contributed by atoms with Crippen LogP contribution in [0.2, 0.25) is 0 Å². The Morgan fingerprint density at radius 1 is 0.436 bits per heavy atom. The molecule has 3 heteroatoms. The van der Waals surface area contributed by atoms with Crippen LogP contribution < -0.4 is 0 Å². The minimum absolute atomic E-state index is 1.25. The van der Waals surface area contributed by atoms with Crippen molar-refractivity contribution in [3.05, 3.63) is 45.5 Å². The molecule has 0 aliphatic heterocycles. The summed E-state index contributed by atoms with van der Waals surface area (Å²) in [5, 5.41) is 2.29. The van der Waals surface area contributed by atoms with Gasteiger partial charge in [-0.15, -0.1) is 34.0 Å². The van der Waals surface area contributed by atoms with E-state index in [4.69, 9.17) is 0 Å². The monoisotopic (exact) mass is 584 g/mol. The first-order chi connectivity index (χ1) is 19.3. The van der Waals surface area contributed by atoms with Crippen LogP contribution in [-0.4, -0.2) is 0 Å². The van der Waals surface area contributed by atoms with Gasteiger partial charge in [0.15, 0.2) is 0 Å². The highest BCUT2D eigenvalue weighted by Crippen LogP contribution is 2.42. The van der Waals surface area contributed by atoms with E-state index < -0.39 is 0 Å². The zero-order chi connectivity index (χ0) is 27.4. The average molecular weight is 585 g/mol. The number of unbranched alkanes of at least 4 members (excludes halogenated alkanes) is 18. The van der Waals surface area contributed by atoms with E-state index in [1.165, 1.54) is 161 Å². The molecule has 0 amide bonds. The molecular formula is C36H56S3. The topological polar surface area (TPSA) is 0 Å². The van der Waals surface area contributed by atoms with Gasteiger partial charge in [-0.25, -0.2) is 0 Å². The van der Waals surface area contributed by atoms with Crippen LogP contribution in [0.1, 0.15) is 152 Å². The third-order valence-electron chi connectivity index (χ3n) is 8.03. The quantitative estimate of drug-likeness (QED) is 0.0918. The maximum atomic E-state index is 2.39. The van der Waals surface area contributed by atoms with E-state index in [9.17, 15) is 0 Å². The Kier molecular flexibility index (Phi) is 17.5. The highest BCUT2D eigenvalue weighted by molar-refractivity contribution is 7.22. The maximum Gasteiger partial charge on any atom is 0.0529 e. The van der Waals surface area contributed by atoms with Crippen molar-refractivity contribution < 1.29 is 0 Å². The SMILES string of the molecule is CCCCCCCCCCCCc1ccc(-c2ccsc2-c2ccc(CCCCCCCCCCCC)s2)s1. The molecule has 3 aromatic rings. The lowest BCUT2D eigenvalue weighted by Crippen LogP contribution is -1.84. The summed E-state index contributed by atoms with van der Waals surface area (Å²) in [6.07, 6.45) is 30.8. The lowest BCUT2D eigenvalue weighted by atomic mass is 10.1. The summed E-state index contributed by atoms with van der Waals surface area (Å²) >= 11 is 5.97. The number of hydrogen-bond donors (Lipinski definition) is 0. The third-order valence-corrected chi connectivity index (χ3v) is 11.4. The standard InChI is InChI=1S/C36H56S3/c1-3-5-7-9-11-13-15-17-19-21-23-31-25-27-34(38-31)33-29-30-37-36(33)35-28-26-32(39-35)24-22-20-18-16-14-12-10-8-6-4-2/h25-30H,3-24H2,1-2H3. The molecule has 0 bridgehead atoms. The van der Waals surface area contributed by atoms with Crippen LogP contribution in [0.5, 0.6) is 0 Å². The van der Waals surface area contributed by atoms with E-state index >= 15 is 0 Å². The molecule has 0 aromatic carbocycles. The summed E-state index contributed by atoms with van der Waals surface area (Å²) in [6, 6.07) is 11.9. The molecule has 0 aliphatic carbocycles. The van der Waals surface area contributed by atoms with Gasteiger partial charge in [-0.1, -0.05) is 129 Å². The van der Waals surface area contributed by atoms with Crippen molar-refractivity contribution in [1.29, 1.82) is 0 Å². The van der Waals surface area contributed by atoms with Gasteiger partial charge in [0.2, 0.25) is 0 Å². The van der Waals surface area contributed by atoms with Gasteiger partial charge >= 0.3 is 0 Å². The second-order valence-corrected chi connectivity index (χ2v) is 14.8. The van der Waals surface area contributed by atoms with Crippen molar-refractivity contribution in [2.45, 2.75) is 155 Å². The molecule has 3 rings (SSSR count). The minimum Gasteiger partial charge on any atom is -0.142 e. The highest BCUT2D eigenvalue weighted by atomic mass is 32.1. The number of rotatable bonds is 24. The highest BCUT2D eigenvalue weighted by Gasteiger charge is 2.13. The lowest BCUT2D eigenvalue weighted by Gasteiger charge is -2.02. The molecule has 0 atom stereocenters. The van der Waals surface area contributed by atoms with E-state index in [1.54, 1.807) is 9.75 Å². The van der Waals surface area contributed by atoms with Gasteiger partial charge in [0.05, 0.1) is 4.88 Å². The molecule has 0 unspecified atom stereocenters. The zero-order valence-electron chi connectivity index (χ0n) is 25.2. The van der Waals surface area contributed by atoms with Crippen molar-refractivity contribution in [3.63, 3.8) is 0 Å². The largest absolute Gasteiger partial charge is 0.142 e. The van der Waals surface area contributed by atoms with Crippen molar-refractivity contribution in [2.24, 2.45) is 0 Å². The van der Waals surface area contributed by atoms with Gasteiger partial charge in [-0.3, -0.25) is 0 Å². The zero-order valence-corrected chi connectivity index (χ0v) is 27.7. The molecule has 39 heavy (non-hydrogen) atoms. The fraction of sp³-hybridized carbons (Fsp3) is 0.667. The van der Waals surface area contributed by atoms with Gasteiger partial charge in [-0.2, -0.15) is 0 Å². The van der Waals surface area contributed by atoms with Crippen molar-refractivity contribution in [1.82, 2.24) is 0 Å². The van der Waals surface area contributed by atoms with Gasteiger partial charge in [-0.05, 0) is 61.4 Å². The first kappa shape index (κ1) is 32.6. The fourth-order valence-electron chi connectivity index (χ4n) is 5.56. The van der Waals surface area contributed by atoms with E-state index in [0.29, 0.717) is 0 Å². The first-order valence-electron chi connectivity index (χ1n) is 16.6. The Bertz CT molecular complexity index is 898. The first-order valence-corrected chi connectivity index (χ1v) is 19.1. The van der Waals surface area contributed by atoms with Crippen molar-refractivity contribution in [2.75, 3.05) is 0 Å². The van der Waals surface area contributed by atoms with Crippen LogP contribution >= 0.6 is 34.0 Å². The summed E-state index contributed by atoms with van der Waals surface area (Å²) in [7, 11) is 0. The van der Waals surface area contributed by atoms with E-state index in [-0.39, 0.29) is 0 Å². The smallest absolute Gasteiger partial charge is 0.0529 e. The van der Waals surface area contributed by atoms with Crippen LogP contribution in [0.25, 0.3) is 20.2 Å². The number of thiophene rings is 3. The Hall–Kier alpha value is -0.900. The summed E-state index contributed by atoms with van der Waals surface area (Å²) < 4.78 is 0. The minimum atomic E-state index is 1.25. The number of aryl methyl sites for hydroxylation is 2. The predicted molar refractivity (Wildman–Crippen MR) is 182 cm³/mol. The third kappa shape index (κ3) is 13.1. The molecule has 0 saturated heterocycles. The average Bonchev–Trinajstić information content (AvgIpc) is 3.71. The number of hydrogen-bond acceptors (Lipinski definition) is 3. The second-order valence-electron chi connectivity index (χ2n) is 11.6. The molecule has 0 spiro atoms. The molecule has 0 radical (unpaired) electrons. The van der Waals surface area contributed by atoms with E-state index in [0.717, 1.165) is 0 Å². The van der Waals surface area contributed by atoms with Crippen LogP contribution in [0.3, 0.4) is 0 Å². The van der Waals surface area contributed by atoms with Crippen molar-refractivity contribution >= 4 is 34.0 Å². The van der Waals surface area contributed by atoms with Gasteiger partial charge in [0.25, 0.3) is 0 Å². The molecule has 3 heterocycles. The normalized spacial score (nSPS) is 11.5. The van der Waals surface area contributed by atoms with Crippen LogP contribution in [-0.2, 0) is 12.8 Å². The van der Waals surface area contributed by atoms with Gasteiger partial charge < -0.3 is 0 Å². The molecule has 0 nitrogen and oxygen atoms in total. The lowest BCUT2D eigenvalue weighted by molar-refractivity contribution is 0.557. The van der Waals surface area contributed by atoms with Gasteiger partial charge in [0, 0.05) is 25.1 Å². The van der Waals surface area contributed by atoms with Crippen molar-refractivity contribution in [3.8, 4) is 20.2 Å². The summed E-state index contributed by atoms with van der Waals surface area (Å²) in [6.45, 7) is 4.60. The molecule has 0 fully saturated rings. The van der Waals surface area contributed by atoms with E-state index in [2.05, 4.69) is 49.6 Å². The summed E-state index contributed by atoms with van der Waals surface area (Å²) in [5.41, 5.74) is 1.45. The van der Waals surface area contributed by atoms with E-state index in [1.807, 2.05) is 34.0 Å². The van der Waals surface area contributed by atoms with Gasteiger partial charge in [0.1, 0.15) is 0 Å². The Balaban J connectivity index is 1.33. The Morgan fingerprint density at radius 2 is 0.846 bits per heavy atom. The molecular weight excluding hydrogens is 529 g/mol. The Morgan fingerprint density at radius 3 is 1.33 bits per heavy atom. The second kappa shape index (κ2) is 20.9. The summed E-state index contributed by atoms with van der Waals surface area (Å²) in [5.74, 6) is 0. The molecule has 0 aliphatic rings. The summed E-state index contributed by atoms with van der Waals surface area (Å²) in [4.78, 5) is 7.53. The van der Waals surface area contributed by atoms with Crippen LogP contribution in [0, 0.1) is 0 Å². The molecule has 3 aromatic heterocycles. The maximum absolute atomic E-state index is 2.39. The predicted octanol–water partition coefficient (Wildman–Crippen LogP) is 14.1. The fourth-order valence-corrected chi connectivity index (χ4v) is 8.81. The van der Waals surface area contributed by atoms with Crippen LogP contribution in [0.15, 0.2) is 35.7 Å². The van der Waals surface area contributed by atoms with Crippen LogP contribution in [0.4, 0.5) is 0 Å². The molecule has 218 valence electrons. The molecule has 0 saturated carbocycles. The Labute approximate surface area is 253 Å². The molecule has 0 N–H and O–H groups in total.